The fraction of sp³-hybridized carbons (Fsp3) is 0.333. The normalized spacial score (nSPS) is 16.9. The molecule has 0 saturated carbocycles. The van der Waals surface area contributed by atoms with E-state index in [1.54, 1.807) is 40.1 Å². The maximum Gasteiger partial charge on any atom is 0.417 e. The number of hydrogen-bond acceptors (Lipinski definition) is 5. The summed E-state index contributed by atoms with van der Waals surface area (Å²) in [7, 11) is 1.46. The Morgan fingerprint density at radius 3 is 2.63 bits per heavy atom. The summed E-state index contributed by atoms with van der Waals surface area (Å²) in [6, 6.07) is 11.2. The highest BCUT2D eigenvalue weighted by atomic mass is 19.4. The molecule has 1 N–H and O–H groups in total. The molecule has 9 heteroatoms. The minimum Gasteiger partial charge on any atom is -0.496 e. The molecule has 6 nitrogen and oxygen atoms in total. The van der Waals surface area contributed by atoms with Gasteiger partial charge >= 0.3 is 6.18 Å². The predicted molar refractivity (Wildman–Crippen MR) is 103 cm³/mol. The Morgan fingerprint density at radius 1 is 1.27 bits per heavy atom. The number of hydrogen-bond donors (Lipinski definition) is 1. The minimum absolute atomic E-state index is 0.134. The van der Waals surface area contributed by atoms with Gasteiger partial charge in [-0.15, -0.1) is 0 Å². The smallest absolute Gasteiger partial charge is 0.417 e. The first-order valence-electron chi connectivity index (χ1n) is 9.21. The average molecular weight is 419 g/mol. The summed E-state index contributed by atoms with van der Waals surface area (Å²) in [5, 5.41) is 18.8. The third kappa shape index (κ3) is 4.19. The first-order chi connectivity index (χ1) is 14.3. The molecule has 1 fully saturated rings. The highest BCUT2D eigenvalue weighted by Gasteiger charge is 2.36. The summed E-state index contributed by atoms with van der Waals surface area (Å²) in [6.45, 7) is 0.274. The molecule has 1 atom stereocenters. The molecular formula is C21H20F3N3O3. The SMILES string of the molecule is COc1ccccc1C(=O)N1CCN(c2ccc(C#N)c(C(F)(F)F)c2)C(CO)C1. The van der Waals surface area contributed by atoms with Gasteiger partial charge in [0, 0.05) is 25.3 Å². The van der Waals surface area contributed by atoms with Crippen molar-refractivity contribution >= 4 is 11.6 Å². The van der Waals surface area contributed by atoms with E-state index in [1.165, 1.54) is 13.2 Å². The van der Waals surface area contributed by atoms with E-state index in [2.05, 4.69) is 0 Å². The second-order valence-electron chi connectivity index (χ2n) is 6.82. The third-order valence-electron chi connectivity index (χ3n) is 5.08. The van der Waals surface area contributed by atoms with Crippen LogP contribution in [0.1, 0.15) is 21.5 Å². The average Bonchev–Trinajstić information content (AvgIpc) is 2.77. The van der Waals surface area contributed by atoms with Gasteiger partial charge in [-0.25, -0.2) is 0 Å². The van der Waals surface area contributed by atoms with Crippen molar-refractivity contribution in [2.45, 2.75) is 12.2 Å². The largest absolute Gasteiger partial charge is 0.496 e. The number of nitriles is 1. The molecule has 0 aliphatic carbocycles. The molecule has 0 aromatic heterocycles. The lowest BCUT2D eigenvalue weighted by Crippen LogP contribution is -2.56. The summed E-state index contributed by atoms with van der Waals surface area (Å²) in [6.07, 6.45) is -4.67. The Balaban J connectivity index is 1.85. The standard InChI is InChI=1S/C21H20F3N3O3/c1-30-19-5-3-2-4-17(19)20(29)26-8-9-27(16(12-26)13-28)15-7-6-14(11-25)18(10-15)21(22,23)24/h2-7,10,16,28H,8-9,12-13H2,1H3. The lowest BCUT2D eigenvalue weighted by Gasteiger charge is -2.42. The maximum absolute atomic E-state index is 13.3. The van der Waals surface area contributed by atoms with Crippen LogP contribution >= 0.6 is 0 Å². The first kappa shape index (κ1) is 21.5. The van der Waals surface area contributed by atoms with Gasteiger partial charge in [0.2, 0.25) is 0 Å². The Labute approximate surface area is 171 Å². The molecule has 1 aliphatic rings. The third-order valence-corrected chi connectivity index (χ3v) is 5.08. The second kappa shape index (κ2) is 8.63. The summed E-state index contributed by atoms with van der Waals surface area (Å²) >= 11 is 0. The molecule has 0 radical (unpaired) electrons. The molecule has 30 heavy (non-hydrogen) atoms. The van der Waals surface area contributed by atoms with Crippen LogP contribution in [0.5, 0.6) is 5.75 Å². The molecule has 158 valence electrons. The number of nitrogens with zero attached hydrogens (tertiary/aromatic N) is 3. The van der Waals surface area contributed by atoms with Crippen molar-refractivity contribution in [1.82, 2.24) is 4.90 Å². The van der Waals surface area contributed by atoms with E-state index in [-0.39, 0.29) is 37.8 Å². The van der Waals surface area contributed by atoms with Gasteiger partial charge in [-0.2, -0.15) is 18.4 Å². The fourth-order valence-corrected chi connectivity index (χ4v) is 3.57. The van der Waals surface area contributed by atoms with Crippen LogP contribution in [-0.2, 0) is 6.18 Å². The highest BCUT2D eigenvalue weighted by molar-refractivity contribution is 5.97. The molecule has 1 aliphatic heterocycles. The molecular weight excluding hydrogens is 399 g/mol. The lowest BCUT2D eigenvalue weighted by atomic mass is 10.0. The molecule has 3 rings (SSSR count). The van der Waals surface area contributed by atoms with Gasteiger partial charge in [0.25, 0.3) is 5.91 Å². The van der Waals surface area contributed by atoms with E-state index in [0.717, 1.165) is 12.1 Å². The van der Waals surface area contributed by atoms with E-state index in [0.29, 0.717) is 11.3 Å². The lowest BCUT2D eigenvalue weighted by molar-refractivity contribution is -0.137. The van der Waals surface area contributed by atoms with E-state index in [1.807, 2.05) is 0 Å². The minimum atomic E-state index is -4.67. The van der Waals surface area contributed by atoms with E-state index >= 15 is 0 Å². The summed E-state index contributed by atoms with van der Waals surface area (Å²) in [5.74, 6) is 0.147. The molecule has 1 saturated heterocycles. The number of aliphatic hydroxyl groups is 1. The predicted octanol–water partition coefficient (Wildman–Crippen LogP) is 2.91. The monoisotopic (exact) mass is 419 g/mol. The van der Waals surface area contributed by atoms with Gasteiger partial charge in [-0.05, 0) is 30.3 Å². The van der Waals surface area contributed by atoms with Crippen LogP contribution in [0, 0.1) is 11.3 Å². The topological polar surface area (TPSA) is 76.8 Å². The number of para-hydroxylation sites is 1. The number of piperazine rings is 1. The quantitative estimate of drug-likeness (QED) is 0.825. The number of rotatable bonds is 4. The van der Waals surface area contributed by atoms with E-state index in [4.69, 9.17) is 10.00 Å². The van der Waals surface area contributed by atoms with Crippen LogP contribution in [0.4, 0.5) is 18.9 Å². The molecule has 1 heterocycles. The summed E-state index contributed by atoms with van der Waals surface area (Å²) < 4.78 is 45.1. The van der Waals surface area contributed by atoms with Gasteiger partial charge in [0.15, 0.2) is 0 Å². The zero-order valence-electron chi connectivity index (χ0n) is 16.2. The number of benzene rings is 2. The summed E-state index contributed by atoms with van der Waals surface area (Å²) in [5.41, 5.74) is -0.865. The van der Waals surface area contributed by atoms with Crippen molar-refractivity contribution < 1.29 is 27.8 Å². The van der Waals surface area contributed by atoms with Crippen LogP contribution in [-0.4, -0.2) is 55.3 Å². The second-order valence-corrected chi connectivity index (χ2v) is 6.82. The van der Waals surface area contributed by atoms with Crippen LogP contribution in [0.2, 0.25) is 0 Å². The zero-order chi connectivity index (χ0) is 21.9. The number of alkyl halides is 3. The van der Waals surface area contributed by atoms with Gasteiger partial charge in [-0.3, -0.25) is 4.79 Å². The van der Waals surface area contributed by atoms with Crippen molar-refractivity contribution in [3.05, 3.63) is 59.2 Å². The molecule has 1 amide bonds. The van der Waals surface area contributed by atoms with Crippen LogP contribution in [0.15, 0.2) is 42.5 Å². The first-order valence-corrected chi connectivity index (χ1v) is 9.21. The molecule has 2 aromatic carbocycles. The Bertz CT molecular complexity index is 972. The molecule has 2 aromatic rings. The number of ether oxygens (including phenoxy) is 1. The van der Waals surface area contributed by atoms with Gasteiger partial charge in [0.05, 0.1) is 42.5 Å². The van der Waals surface area contributed by atoms with Crippen molar-refractivity contribution in [2.75, 3.05) is 38.3 Å². The van der Waals surface area contributed by atoms with Crippen LogP contribution in [0.3, 0.4) is 0 Å². The van der Waals surface area contributed by atoms with E-state index < -0.39 is 23.3 Å². The molecule has 0 bridgehead atoms. The Morgan fingerprint density at radius 2 is 2.00 bits per heavy atom. The number of amides is 1. The van der Waals surface area contributed by atoms with Crippen molar-refractivity contribution in [3.8, 4) is 11.8 Å². The van der Waals surface area contributed by atoms with E-state index in [9.17, 15) is 23.1 Å². The number of methoxy groups -OCH3 is 1. The highest BCUT2D eigenvalue weighted by Crippen LogP contribution is 2.35. The summed E-state index contributed by atoms with van der Waals surface area (Å²) in [4.78, 5) is 16.1. The number of carbonyl (C=O) groups excluding carboxylic acids is 1. The Hall–Kier alpha value is -3.25. The maximum atomic E-state index is 13.3. The number of halogens is 3. The number of carbonyl (C=O) groups is 1. The fourth-order valence-electron chi connectivity index (χ4n) is 3.57. The Kier molecular flexibility index (Phi) is 6.17. The van der Waals surface area contributed by atoms with Gasteiger partial charge < -0.3 is 19.6 Å². The van der Waals surface area contributed by atoms with Gasteiger partial charge in [-0.1, -0.05) is 12.1 Å². The van der Waals surface area contributed by atoms with Crippen molar-refractivity contribution in [1.29, 1.82) is 5.26 Å². The zero-order valence-corrected chi connectivity index (χ0v) is 16.2. The van der Waals surface area contributed by atoms with Crippen LogP contribution < -0.4 is 9.64 Å². The number of anilines is 1. The van der Waals surface area contributed by atoms with Gasteiger partial charge in [0.1, 0.15) is 5.75 Å². The van der Waals surface area contributed by atoms with Crippen molar-refractivity contribution in [3.63, 3.8) is 0 Å². The molecule has 1 unspecified atom stereocenters. The van der Waals surface area contributed by atoms with Crippen LogP contribution in [0.25, 0.3) is 0 Å². The number of aliphatic hydroxyl groups excluding tert-OH is 1. The van der Waals surface area contributed by atoms with Crippen molar-refractivity contribution in [2.24, 2.45) is 0 Å². The molecule has 0 spiro atoms.